The fraction of sp³-hybridized carbons (Fsp3) is 0.688. The van der Waals surface area contributed by atoms with Gasteiger partial charge in [-0.2, -0.15) is 0 Å². The number of hydrogen-bond acceptors (Lipinski definition) is 4. The first-order valence-corrected chi connectivity index (χ1v) is 7.37. The van der Waals surface area contributed by atoms with E-state index in [-0.39, 0.29) is 5.41 Å². The van der Waals surface area contributed by atoms with Crippen molar-refractivity contribution in [1.29, 1.82) is 0 Å². The monoisotopic (exact) mass is 277 g/mol. The third-order valence-electron chi connectivity index (χ3n) is 4.16. The van der Waals surface area contributed by atoms with E-state index in [1.165, 1.54) is 0 Å². The predicted octanol–water partition coefficient (Wildman–Crippen LogP) is 2.30. The molecule has 1 aromatic rings. The number of methoxy groups -OCH3 is 1. The molecule has 2 atom stereocenters. The van der Waals surface area contributed by atoms with Crippen molar-refractivity contribution in [2.45, 2.75) is 46.3 Å². The Bertz CT molecular complexity index is 442. The van der Waals surface area contributed by atoms with Crippen LogP contribution in [0.25, 0.3) is 0 Å². The highest BCUT2D eigenvalue weighted by Gasteiger charge is 2.32. The van der Waals surface area contributed by atoms with Gasteiger partial charge in [0.1, 0.15) is 0 Å². The third-order valence-corrected chi connectivity index (χ3v) is 4.16. The molecule has 0 aromatic carbocycles. The Morgan fingerprint density at radius 2 is 2.20 bits per heavy atom. The van der Waals surface area contributed by atoms with E-state index in [4.69, 9.17) is 4.74 Å². The normalized spacial score (nSPS) is 24.6. The summed E-state index contributed by atoms with van der Waals surface area (Å²) in [7, 11) is 1.69. The number of nitrogens with zero attached hydrogens (tertiary/aromatic N) is 2. The topological polar surface area (TPSA) is 37.4 Å². The van der Waals surface area contributed by atoms with Gasteiger partial charge >= 0.3 is 0 Å². The maximum atomic E-state index is 5.36. The number of rotatable bonds is 3. The molecule has 1 aliphatic rings. The van der Waals surface area contributed by atoms with E-state index in [1.54, 1.807) is 13.3 Å². The molecule has 1 aliphatic heterocycles. The zero-order chi connectivity index (χ0) is 14.8. The smallest absolute Gasteiger partial charge is 0.217 e. The molecule has 2 rings (SSSR count). The van der Waals surface area contributed by atoms with Crippen molar-refractivity contribution in [3.8, 4) is 5.88 Å². The standard InChI is InChI=1S/C16H27N3O/c1-12-9-18-14(16(2,3)4)11-19(12)10-13-7-6-8-17-15(13)20-5/h6-8,12,14,18H,9-11H2,1-5H3. The van der Waals surface area contributed by atoms with Gasteiger partial charge in [0, 0.05) is 43.5 Å². The minimum Gasteiger partial charge on any atom is -0.481 e. The molecule has 1 saturated heterocycles. The van der Waals surface area contributed by atoms with Crippen molar-refractivity contribution < 1.29 is 4.74 Å². The number of pyridine rings is 1. The first kappa shape index (κ1) is 15.3. The minimum atomic E-state index is 0.275. The van der Waals surface area contributed by atoms with Gasteiger partial charge in [0.05, 0.1) is 7.11 Å². The number of nitrogens with one attached hydrogen (secondary N) is 1. The van der Waals surface area contributed by atoms with E-state index in [0.717, 1.165) is 31.1 Å². The average molecular weight is 277 g/mol. The molecule has 4 nitrogen and oxygen atoms in total. The van der Waals surface area contributed by atoms with Crippen LogP contribution < -0.4 is 10.1 Å². The third kappa shape index (κ3) is 3.49. The van der Waals surface area contributed by atoms with Gasteiger partial charge in [0.25, 0.3) is 0 Å². The second-order valence-electron chi connectivity index (χ2n) is 6.78. The van der Waals surface area contributed by atoms with E-state index >= 15 is 0 Å². The van der Waals surface area contributed by atoms with E-state index in [0.29, 0.717) is 12.1 Å². The summed E-state index contributed by atoms with van der Waals surface area (Å²) in [4.78, 5) is 6.81. The van der Waals surface area contributed by atoms with Crippen molar-refractivity contribution in [3.63, 3.8) is 0 Å². The van der Waals surface area contributed by atoms with Crippen LogP contribution in [-0.4, -0.2) is 42.2 Å². The number of aromatic nitrogens is 1. The molecule has 20 heavy (non-hydrogen) atoms. The fourth-order valence-corrected chi connectivity index (χ4v) is 2.67. The van der Waals surface area contributed by atoms with Crippen molar-refractivity contribution in [2.75, 3.05) is 20.2 Å². The van der Waals surface area contributed by atoms with Crippen LogP contribution in [0.2, 0.25) is 0 Å². The zero-order valence-corrected chi connectivity index (χ0v) is 13.3. The molecular formula is C16H27N3O. The van der Waals surface area contributed by atoms with Gasteiger partial charge in [-0.3, -0.25) is 4.90 Å². The summed E-state index contributed by atoms with van der Waals surface area (Å²) in [6.07, 6.45) is 1.78. The Hall–Kier alpha value is -1.13. The van der Waals surface area contributed by atoms with Gasteiger partial charge < -0.3 is 10.1 Å². The molecule has 0 amide bonds. The van der Waals surface area contributed by atoms with Crippen molar-refractivity contribution >= 4 is 0 Å². The molecule has 0 radical (unpaired) electrons. The Morgan fingerprint density at radius 3 is 2.85 bits per heavy atom. The molecule has 0 saturated carbocycles. The number of hydrogen-bond donors (Lipinski definition) is 1. The molecule has 4 heteroatoms. The van der Waals surface area contributed by atoms with Crippen LogP contribution in [-0.2, 0) is 6.54 Å². The molecule has 1 N–H and O–H groups in total. The largest absolute Gasteiger partial charge is 0.481 e. The maximum absolute atomic E-state index is 5.36. The Labute approximate surface area is 122 Å². The van der Waals surface area contributed by atoms with Crippen LogP contribution in [0.4, 0.5) is 0 Å². The molecule has 112 valence electrons. The molecule has 0 bridgehead atoms. The van der Waals surface area contributed by atoms with Crippen molar-refractivity contribution in [2.24, 2.45) is 5.41 Å². The Morgan fingerprint density at radius 1 is 1.45 bits per heavy atom. The SMILES string of the molecule is COc1ncccc1CN1CC(C(C)(C)C)NCC1C. The van der Waals surface area contributed by atoms with Crippen LogP contribution in [0, 0.1) is 5.41 Å². The summed E-state index contributed by atoms with van der Waals surface area (Å²) >= 11 is 0. The highest BCUT2D eigenvalue weighted by Crippen LogP contribution is 2.25. The van der Waals surface area contributed by atoms with E-state index in [2.05, 4.69) is 49.0 Å². The molecule has 2 heterocycles. The first-order valence-electron chi connectivity index (χ1n) is 7.37. The molecular weight excluding hydrogens is 250 g/mol. The Kier molecular flexibility index (Phi) is 4.66. The summed E-state index contributed by atoms with van der Waals surface area (Å²) in [5.74, 6) is 0.741. The summed E-state index contributed by atoms with van der Waals surface area (Å²) in [5.41, 5.74) is 1.44. The maximum Gasteiger partial charge on any atom is 0.217 e. The highest BCUT2D eigenvalue weighted by atomic mass is 16.5. The molecule has 0 aliphatic carbocycles. The summed E-state index contributed by atoms with van der Waals surface area (Å²) in [6.45, 7) is 12.1. The van der Waals surface area contributed by atoms with Crippen LogP contribution >= 0.6 is 0 Å². The number of ether oxygens (including phenoxy) is 1. The van der Waals surface area contributed by atoms with E-state index in [1.807, 2.05) is 6.07 Å². The number of piperazine rings is 1. The lowest BCUT2D eigenvalue weighted by atomic mass is 9.84. The van der Waals surface area contributed by atoms with Gasteiger partial charge in [-0.1, -0.05) is 26.8 Å². The molecule has 1 fully saturated rings. The second-order valence-corrected chi connectivity index (χ2v) is 6.78. The molecule has 0 spiro atoms. The van der Waals surface area contributed by atoms with Gasteiger partial charge in [0.15, 0.2) is 0 Å². The summed E-state index contributed by atoms with van der Waals surface area (Å²) < 4.78 is 5.36. The van der Waals surface area contributed by atoms with Gasteiger partial charge in [-0.15, -0.1) is 0 Å². The summed E-state index contributed by atoms with van der Waals surface area (Å²) in [5, 5.41) is 3.66. The molecule has 2 unspecified atom stereocenters. The summed E-state index contributed by atoms with van der Waals surface area (Å²) in [6, 6.07) is 5.12. The Balaban J connectivity index is 2.10. The van der Waals surface area contributed by atoms with Crippen LogP contribution in [0.3, 0.4) is 0 Å². The minimum absolute atomic E-state index is 0.275. The van der Waals surface area contributed by atoms with Crippen LogP contribution in [0.15, 0.2) is 18.3 Å². The lowest BCUT2D eigenvalue weighted by Crippen LogP contribution is -2.59. The molecule has 1 aromatic heterocycles. The zero-order valence-electron chi connectivity index (χ0n) is 13.3. The van der Waals surface area contributed by atoms with Gasteiger partial charge in [0.2, 0.25) is 5.88 Å². The van der Waals surface area contributed by atoms with E-state index < -0.39 is 0 Å². The van der Waals surface area contributed by atoms with Crippen molar-refractivity contribution in [1.82, 2.24) is 15.2 Å². The van der Waals surface area contributed by atoms with Gasteiger partial charge in [-0.05, 0) is 18.4 Å². The van der Waals surface area contributed by atoms with Crippen LogP contribution in [0.1, 0.15) is 33.3 Å². The first-order chi connectivity index (χ1) is 9.41. The highest BCUT2D eigenvalue weighted by molar-refractivity contribution is 5.25. The van der Waals surface area contributed by atoms with Crippen molar-refractivity contribution in [3.05, 3.63) is 23.9 Å². The average Bonchev–Trinajstić information content (AvgIpc) is 2.40. The van der Waals surface area contributed by atoms with E-state index in [9.17, 15) is 0 Å². The second kappa shape index (κ2) is 6.10. The van der Waals surface area contributed by atoms with Crippen LogP contribution in [0.5, 0.6) is 5.88 Å². The lowest BCUT2D eigenvalue weighted by molar-refractivity contribution is 0.0869. The lowest BCUT2D eigenvalue weighted by Gasteiger charge is -2.44. The van der Waals surface area contributed by atoms with Gasteiger partial charge in [-0.25, -0.2) is 4.98 Å². The quantitative estimate of drug-likeness (QED) is 0.920. The predicted molar refractivity (Wildman–Crippen MR) is 81.9 cm³/mol. The fourth-order valence-electron chi connectivity index (χ4n) is 2.67.